The van der Waals surface area contributed by atoms with Crippen LogP contribution in [0.5, 0.6) is 0 Å². The van der Waals surface area contributed by atoms with Gasteiger partial charge in [-0.25, -0.2) is 4.98 Å². The van der Waals surface area contributed by atoms with Crippen molar-refractivity contribution in [2.75, 3.05) is 38.2 Å². The summed E-state index contributed by atoms with van der Waals surface area (Å²) in [5, 5.41) is 3.42. The number of hydrogen-bond acceptors (Lipinski definition) is 5. The zero-order valence-corrected chi connectivity index (χ0v) is 12.9. The summed E-state index contributed by atoms with van der Waals surface area (Å²) in [5.74, 6) is 0.827. The molecular weight excluding hydrogens is 272 g/mol. The summed E-state index contributed by atoms with van der Waals surface area (Å²) in [4.78, 5) is 7.28. The van der Waals surface area contributed by atoms with Crippen LogP contribution in [0.2, 0.25) is 0 Å². The minimum Gasteiger partial charge on any atom is -0.389 e. The summed E-state index contributed by atoms with van der Waals surface area (Å²) in [6, 6.07) is 4.12. The third kappa shape index (κ3) is 4.40. The molecule has 5 nitrogen and oxygen atoms in total. The predicted octanol–water partition coefficient (Wildman–Crippen LogP) is 1.16. The number of aryl methyl sites for hydroxylation is 1. The number of anilines is 1. The van der Waals surface area contributed by atoms with Crippen LogP contribution in [0.15, 0.2) is 12.1 Å². The van der Waals surface area contributed by atoms with Gasteiger partial charge in [-0.2, -0.15) is 0 Å². The molecule has 1 aromatic rings. The van der Waals surface area contributed by atoms with E-state index >= 15 is 0 Å². The van der Waals surface area contributed by atoms with Gasteiger partial charge < -0.3 is 15.8 Å². The Morgan fingerprint density at radius 3 is 2.85 bits per heavy atom. The maximum absolute atomic E-state index is 5.69. The Morgan fingerprint density at radius 1 is 1.50 bits per heavy atom. The summed E-state index contributed by atoms with van der Waals surface area (Å²) < 4.78 is 5.35. The number of pyridine rings is 1. The van der Waals surface area contributed by atoms with Crippen LogP contribution in [0.4, 0.5) is 5.82 Å². The molecule has 0 saturated carbocycles. The highest BCUT2D eigenvalue weighted by molar-refractivity contribution is 7.80. The number of rotatable bonds is 5. The Kier molecular flexibility index (Phi) is 5.28. The SMILES string of the molecule is Cc1cc(C(N)=S)cc(NC(C)CN2CCOCC2)n1. The van der Waals surface area contributed by atoms with Crippen molar-refractivity contribution in [3.05, 3.63) is 23.4 Å². The lowest BCUT2D eigenvalue weighted by atomic mass is 10.2. The van der Waals surface area contributed by atoms with Crippen LogP contribution in [0, 0.1) is 6.92 Å². The molecule has 0 bridgehead atoms. The molecule has 20 heavy (non-hydrogen) atoms. The van der Waals surface area contributed by atoms with Crippen molar-refractivity contribution in [1.29, 1.82) is 0 Å². The van der Waals surface area contributed by atoms with Crippen LogP contribution < -0.4 is 11.1 Å². The molecule has 0 aromatic carbocycles. The number of aromatic nitrogens is 1. The van der Waals surface area contributed by atoms with Crippen molar-refractivity contribution in [1.82, 2.24) is 9.88 Å². The monoisotopic (exact) mass is 294 g/mol. The van der Waals surface area contributed by atoms with Crippen molar-refractivity contribution in [2.45, 2.75) is 19.9 Å². The highest BCUT2D eigenvalue weighted by Crippen LogP contribution is 2.12. The third-order valence-electron chi connectivity index (χ3n) is 3.27. The van der Waals surface area contributed by atoms with Crippen LogP contribution in [0.25, 0.3) is 0 Å². The largest absolute Gasteiger partial charge is 0.389 e. The average Bonchev–Trinajstić information content (AvgIpc) is 2.38. The Labute approximate surface area is 125 Å². The van der Waals surface area contributed by atoms with Crippen molar-refractivity contribution in [3.63, 3.8) is 0 Å². The van der Waals surface area contributed by atoms with Crippen LogP contribution in [-0.4, -0.2) is 53.8 Å². The van der Waals surface area contributed by atoms with E-state index < -0.39 is 0 Å². The molecule has 0 amide bonds. The summed E-state index contributed by atoms with van der Waals surface area (Å²) in [7, 11) is 0. The van der Waals surface area contributed by atoms with E-state index in [-0.39, 0.29) is 0 Å². The van der Waals surface area contributed by atoms with Gasteiger partial charge in [0.2, 0.25) is 0 Å². The second-order valence-corrected chi connectivity index (χ2v) is 5.64. The summed E-state index contributed by atoms with van der Waals surface area (Å²) in [6.45, 7) is 8.69. The molecule has 1 aromatic heterocycles. The van der Waals surface area contributed by atoms with Crippen molar-refractivity contribution < 1.29 is 4.74 Å². The number of nitrogens with zero attached hydrogens (tertiary/aromatic N) is 2. The smallest absolute Gasteiger partial charge is 0.127 e. The normalized spacial score (nSPS) is 17.7. The van der Waals surface area contributed by atoms with E-state index in [2.05, 4.69) is 22.1 Å². The molecule has 1 atom stereocenters. The highest BCUT2D eigenvalue weighted by Gasteiger charge is 2.14. The van der Waals surface area contributed by atoms with Gasteiger partial charge >= 0.3 is 0 Å². The fraction of sp³-hybridized carbons (Fsp3) is 0.571. The van der Waals surface area contributed by atoms with E-state index in [0.717, 1.165) is 49.9 Å². The first-order valence-corrected chi connectivity index (χ1v) is 7.30. The predicted molar refractivity (Wildman–Crippen MR) is 85.2 cm³/mol. The van der Waals surface area contributed by atoms with E-state index in [0.29, 0.717) is 11.0 Å². The molecule has 1 fully saturated rings. The van der Waals surface area contributed by atoms with Gasteiger partial charge in [-0.1, -0.05) is 12.2 Å². The first kappa shape index (κ1) is 15.2. The van der Waals surface area contributed by atoms with E-state index in [1.54, 1.807) is 0 Å². The van der Waals surface area contributed by atoms with Gasteiger partial charge in [0.25, 0.3) is 0 Å². The maximum atomic E-state index is 5.69. The molecule has 1 saturated heterocycles. The topological polar surface area (TPSA) is 63.4 Å². The number of ether oxygens (including phenoxy) is 1. The minimum absolute atomic E-state index is 0.307. The van der Waals surface area contributed by atoms with Crippen LogP contribution in [0.1, 0.15) is 18.2 Å². The zero-order chi connectivity index (χ0) is 14.5. The van der Waals surface area contributed by atoms with Crippen molar-refractivity contribution in [2.24, 2.45) is 5.73 Å². The minimum atomic E-state index is 0.307. The molecule has 2 rings (SSSR count). The molecule has 2 heterocycles. The van der Waals surface area contributed by atoms with Crippen molar-refractivity contribution in [3.8, 4) is 0 Å². The molecule has 110 valence electrons. The number of hydrogen-bond donors (Lipinski definition) is 2. The molecule has 0 radical (unpaired) electrons. The zero-order valence-electron chi connectivity index (χ0n) is 12.1. The molecule has 0 aliphatic carbocycles. The first-order chi connectivity index (χ1) is 9.54. The molecule has 0 spiro atoms. The van der Waals surface area contributed by atoms with E-state index in [4.69, 9.17) is 22.7 Å². The van der Waals surface area contributed by atoms with Gasteiger partial charge in [-0.3, -0.25) is 4.90 Å². The molecule has 3 N–H and O–H groups in total. The van der Waals surface area contributed by atoms with Crippen molar-refractivity contribution >= 4 is 23.0 Å². The summed E-state index contributed by atoms with van der Waals surface area (Å²) in [5.41, 5.74) is 7.45. The Balaban J connectivity index is 1.96. The average molecular weight is 294 g/mol. The fourth-order valence-corrected chi connectivity index (χ4v) is 2.47. The molecule has 6 heteroatoms. The maximum Gasteiger partial charge on any atom is 0.127 e. The lowest BCUT2D eigenvalue weighted by Crippen LogP contribution is -2.42. The number of morpholine rings is 1. The highest BCUT2D eigenvalue weighted by atomic mass is 32.1. The Morgan fingerprint density at radius 2 is 2.20 bits per heavy atom. The lowest BCUT2D eigenvalue weighted by molar-refractivity contribution is 0.0368. The first-order valence-electron chi connectivity index (χ1n) is 6.90. The quantitative estimate of drug-likeness (QED) is 0.795. The van der Waals surface area contributed by atoms with E-state index in [1.807, 2.05) is 19.1 Å². The number of nitrogens with two attached hydrogens (primary N) is 1. The number of thiocarbonyl (C=S) groups is 1. The van der Waals surface area contributed by atoms with E-state index in [1.165, 1.54) is 0 Å². The third-order valence-corrected chi connectivity index (χ3v) is 3.50. The molecule has 1 aliphatic rings. The Bertz CT molecular complexity index is 474. The second-order valence-electron chi connectivity index (χ2n) is 5.21. The molecule has 1 aliphatic heterocycles. The van der Waals surface area contributed by atoms with Gasteiger partial charge in [0.1, 0.15) is 10.8 Å². The summed E-state index contributed by atoms with van der Waals surface area (Å²) >= 11 is 5.03. The van der Waals surface area contributed by atoms with Crippen LogP contribution >= 0.6 is 12.2 Å². The van der Waals surface area contributed by atoms with Crippen LogP contribution in [0.3, 0.4) is 0 Å². The van der Waals surface area contributed by atoms with Gasteiger partial charge in [0, 0.05) is 36.9 Å². The lowest BCUT2D eigenvalue weighted by Gasteiger charge is -2.29. The van der Waals surface area contributed by atoms with Gasteiger partial charge in [-0.05, 0) is 26.0 Å². The standard InChI is InChI=1S/C14H22N4OS/c1-10-7-12(14(15)20)8-13(16-10)17-11(2)9-18-3-5-19-6-4-18/h7-8,11H,3-6,9H2,1-2H3,(H2,15,20)(H,16,17). The fourth-order valence-electron chi connectivity index (χ4n) is 2.35. The number of nitrogens with one attached hydrogen (secondary N) is 1. The van der Waals surface area contributed by atoms with Gasteiger partial charge in [-0.15, -0.1) is 0 Å². The summed E-state index contributed by atoms with van der Waals surface area (Å²) in [6.07, 6.45) is 0. The van der Waals surface area contributed by atoms with Crippen LogP contribution in [-0.2, 0) is 4.74 Å². The van der Waals surface area contributed by atoms with Gasteiger partial charge in [0.15, 0.2) is 0 Å². The second kappa shape index (κ2) is 6.97. The molecule has 1 unspecified atom stereocenters. The molecular formula is C14H22N4OS. The van der Waals surface area contributed by atoms with E-state index in [9.17, 15) is 0 Å². The van der Waals surface area contributed by atoms with Gasteiger partial charge in [0.05, 0.1) is 13.2 Å². The Hall–Kier alpha value is -1.24.